The molecule has 0 bridgehead atoms. The van der Waals surface area contributed by atoms with Gasteiger partial charge in [0.05, 0.1) is 31.1 Å². The molecule has 2 aliphatic rings. The van der Waals surface area contributed by atoms with Crippen molar-refractivity contribution in [3.8, 4) is 5.88 Å². The smallest absolute Gasteiger partial charge is 0.274 e. The number of carbonyl (C=O) groups is 1. The molecule has 1 aliphatic heterocycles. The van der Waals surface area contributed by atoms with Gasteiger partial charge in [-0.2, -0.15) is 0 Å². The van der Waals surface area contributed by atoms with Crippen molar-refractivity contribution in [1.82, 2.24) is 14.9 Å². The third kappa shape index (κ3) is 4.50. The maximum Gasteiger partial charge on any atom is 0.274 e. The summed E-state index contributed by atoms with van der Waals surface area (Å²) in [5.74, 6) is 0.344. The molecule has 1 saturated heterocycles. The van der Waals surface area contributed by atoms with Gasteiger partial charge in [-0.05, 0) is 18.4 Å². The molecule has 2 heterocycles. The molecule has 1 aliphatic carbocycles. The third-order valence-corrected chi connectivity index (χ3v) is 5.63. The van der Waals surface area contributed by atoms with Crippen molar-refractivity contribution in [2.24, 2.45) is 0 Å². The summed E-state index contributed by atoms with van der Waals surface area (Å²) < 4.78 is 11.8. The predicted octanol–water partition coefficient (Wildman–Crippen LogP) is 3.62. The standard InChI is InChI=1S/C22H27N3O3/c26-21(25-12-13-28-22(17-25)10-6-1-2-7-11-22)19-14-24-20(15-23-19)27-16-18-8-4-3-5-9-18/h3-5,8-9,14-15H,1-2,6-7,10-13,16-17H2. The highest BCUT2D eigenvalue weighted by atomic mass is 16.5. The first-order chi connectivity index (χ1) is 13.7. The van der Waals surface area contributed by atoms with E-state index in [1.807, 2.05) is 35.2 Å². The highest BCUT2D eigenvalue weighted by Crippen LogP contribution is 2.33. The lowest BCUT2D eigenvalue weighted by Crippen LogP contribution is -2.53. The molecule has 0 radical (unpaired) electrons. The van der Waals surface area contributed by atoms with Crippen LogP contribution in [0, 0.1) is 0 Å². The van der Waals surface area contributed by atoms with Gasteiger partial charge in [-0.3, -0.25) is 4.79 Å². The van der Waals surface area contributed by atoms with E-state index in [0.717, 1.165) is 18.4 Å². The van der Waals surface area contributed by atoms with E-state index in [-0.39, 0.29) is 11.5 Å². The summed E-state index contributed by atoms with van der Waals surface area (Å²) in [6, 6.07) is 9.89. The molecule has 148 valence electrons. The Balaban J connectivity index is 1.37. The zero-order valence-corrected chi connectivity index (χ0v) is 16.2. The van der Waals surface area contributed by atoms with E-state index in [1.165, 1.54) is 38.1 Å². The SMILES string of the molecule is O=C(c1cnc(OCc2ccccc2)cn1)N1CCOC2(CCCCCC2)C1. The van der Waals surface area contributed by atoms with Gasteiger partial charge < -0.3 is 14.4 Å². The van der Waals surface area contributed by atoms with Crippen LogP contribution in [-0.4, -0.2) is 46.1 Å². The van der Waals surface area contributed by atoms with Gasteiger partial charge in [0.1, 0.15) is 12.3 Å². The molecule has 1 spiro atoms. The number of benzene rings is 1. The third-order valence-electron chi connectivity index (χ3n) is 5.63. The molecular weight excluding hydrogens is 354 g/mol. The number of nitrogens with zero attached hydrogens (tertiary/aromatic N) is 3. The van der Waals surface area contributed by atoms with Crippen LogP contribution in [0.4, 0.5) is 0 Å². The van der Waals surface area contributed by atoms with Gasteiger partial charge in [0.15, 0.2) is 0 Å². The first kappa shape index (κ1) is 18.9. The van der Waals surface area contributed by atoms with E-state index in [0.29, 0.717) is 37.9 Å². The largest absolute Gasteiger partial charge is 0.472 e. The second kappa shape index (κ2) is 8.69. The van der Waals surface area contributed by atoms with E-state index >= 15 is 0 Å². The minimum Gasteiger partial charge on any atom is -0.472 e. The van der Waals surface area contributed by atoms with Crippen LogP contribution in [-0.2, 0) is 11.3 Å². The maximum atomic E-state index is 12.9. The maximum absolute atomic E-state index is 12.9. The number of morpholine rings is 1. The van der Waals surface area contributed by atoms with Crippen molar-refractivity contribution in [2.75, 3.05) is 19.7 Å². The second-order valence-electron chi connectivity index (χ2n) is 7.69. The number of amides is 1. The summed E-state index contributed by atoms with van der Waals surface area (Å²) in [6.45, 7) is 2.28. The summed E-state index contributed by atoms with van der Waals surface area (Å²) in [4.78, 5) is 23.4. The van der Waals surface area contributed by atoms with E-state index in [4.69, 9.17) is 9.47 Å². The molecule has 2 fully saturated rings. The van der Waals surface area contributed by atoms with Gasteiger partial charge in [-0.15, -0.1) is 0 Å². The van der Waals surface area contributed by atoms with E-state index in [9.17, 15) is 4.79 Å². The molecule has 1 aromatic heterocycles. The lowest BCUT2D eigenvalue weighted by molar-refractivity contribution is -0.107. The van der Waals surface area contributed by atoms with Crippen LogP contribution in [0.5, 0.6) is 5.88 Å². The van der Waals surface area contributed by atoms with Gasteiger partial charge in [0.2, 0.25) is 5.88 Å². The number of ether oxygens (including phenoxy) is 2. The molecule has 1 saturated carbocycles. The van der Waals surface area contributed by atoms with Gasteiger partial charge in [-0.1, -0.05) is 56.0 Å². The van der Waals surface area contributed by atoms with Crippen molar-refractivity contribution < 1.29 is 14.3 Å². The Morgan fingerprint density at radius 2 is 1.86 bits per heavy atom. The average Bonchev–Trinajstić information content (AvgIpc) is 2.98. The Morgan fingerprint density at radius 3 is 2.57 bits per heavy atom. The summed E-state index contributed by atoms with van der Waals surface area (Å²) >= 11 is 0. The van der Waals surface area contributed by atoms with Crippen LogP contribution < -0.4 is 4.74 Å². The van der Waals surface area contributed by atoms with E-state index < -0.39 is 0 Å². The Morgan fingerprint density at radius 1 is 1.07 bits per heavy atom. The molecular formula is C22H27N3O3. The molecule has 28 heavy (non-hydrogen) atoms. The van der Waals surface area contributed by atoms with Crippen molar-refractivity contribution in [2.45, 2.75) is 50.7 Å². The molecule has 0 atom stereocenters. The van der Waals surface area contributed by atoms with Crippen molar-refractivity contribution in [3.63, 3.8) is 0 Å². The van der Waals surface area contributed by atoms with Crippen molar-refractivity contribution in [3.05, 3.63) is 54.0 Å². The minimum absolute atomic E-state index is 0.0750. The zero-order chi connectivity index (χ0) is 19.2. The lowest BCUT2D eigenvalue weighted by atomic mass is 9.92. The Labute approximate surface area is 165 Å². The monoisotopic (exact) mass is 381 g/mol. The topological polar surface area (TPSA) is 64.5 Å². The Kier molecular flexibility index (Phi) is 5.86. The average molecular weight is 381 g/mol. The summed E-state index contributed by atoms with van der Waals surface area (Å²) in [6.07, 6.45) is 9.98. The molecule has 0 unspecified atom stereocenters. The van der Waals surface area contributed by atoms with E-state index in [2.05, 4.69) is 9.97 Å². The normalized spacial score (nSPS) is 19.2. The fourth-order valence-electron chi connectivity index (χ4n) is 4.09. The summed E-state index contributed by atoms with van der Waals surface area (Å²) in [7, 11) is 0. The van der Waals surface area contributed by atoms with Crippen molar-refractivity contribution in [1.29, 1.82) is 0 Å². The molecule has 4 rings (SSSR count). The summed E-state index contributed by atoms with van der Waals surface area (Å²) in [5.41, 5.74) is 1.25. The van der Waals surface area contributed by atoms with E-state index in [1.54, 1.807) is 0 Å². The zero-order valence-electron chi connectivity index (χ0n) is 16.2. The fraction of sp³-hybridized carbons (Fsp3) is 0.500. The van der Waals surface area contributed by atoms with Gasteiger partial charge in [0.25, 0.3) is 5.91 Å². The van der Waals surface area contributed by atoms with Crippen LogP contribution >= 0.6 is 0 Å². The molecule has 2 aromatic rings. The molecule has 6 heteroatoms. The highest BCUT2D eigenvalue weighted by molar-refractivity contribution is 5.92. The Hall–Kier alpha value is -2.47. The van der Waals surface area contributed by atoms with Gasteiger partial charge in [-0.25, -0.2) is 9.97 Å². The van der Waals surface area contributed by atoms with Crippen LogP contribution in [0.2, 0.25) is 0 Å². The van der Waals surface area contributed by atoms with Crippen LogP contribution in [0.1, 0.15) is 54.6 Å². The fourth-order valence-corrected chi connectivity index (χ4v) is 4.09. The first-order valence-corrected chi connectivity index (χ1v) is 10.2. The van der Waals surface area contributed by atoms with Gasteiger partial charge in [0, 0.05) is 6.54 Å². The second-order valence-corrected chi connectivity index (χ2v) is 7.69. The van der Waals surface area contributed by atoms with Crippen molar-refractivity contribution >= 4 is 5.91 Å². The minimum atomic E-state index is -0.170. The first-order valence-electron chi connectivity index (χ1n) is 10.2. The predicted molar refractivity (Wildman–Crippen MR) is 105 cm³/mol. The lowest BCUT2D eigenvalue weighted by Gasteiger charge is -2.42. The Bertz CT molecular complexity index is 771. The number of hydrogen-bond donors (Lipinski definition) is 0. The van der Waals surface area contributed by atoms with Crippen LogP contribution in [0.25, 0.3) is 0 Å². The number of hydrogen-bond acceptors (Lipinski definition) is 5. The molecule has 1 amide bonds. The van der Waals surface area contributed by atoms with Crippen LogP contribution in [0.3, 0.4) is 0 Å². The number of carbonyl (C=O) groups excluding carboxylic acids is 1. The molecule has 1 aromatic carbocycles. The quantitative estimate of drug-likeness (QED) is 0.809. The molecule has 0 N–H and O–H groups in total. The van der Waals surface area contributed by atoms with Crippen LogP contribution in [0.15, 0.2) is 42.7 Å². The summed E-state index contributed by atoms with van der Waals surface area (Å²) in [5, 5.41) is 0. The molecule has 6 nitrogen and oxygen atoms in total. The number of aromatic nitrogens is 2. The van der Waals surface area contributed by atoms with Gasteiger partial charge >= 0.3 is 0 Å². The number of rotatable bonds is 4. The highest BCUT2D eigenvalue weighted by Gasteiger charge is 2.38.